The van der Waals surface area contributed by atoms with E-state index in [1.165, 1.54) is 6.42 Å². The molecule has 1 amide bonds. The van der Waals surface area contributed by atoms with Gasteiger partial charge < -0.3 is 10.6 Å². The first-order chi connectivity index (χ1) is 17.8. The third-order valence-corrected chi connectivity index (χ3v) is 7.48. The van der Waals surface area contributed by atoms with Crippen molar-refractivity contribution < 1.29 is 13.6 Å². The molecule has 3 aromatic carbocycles. The Morgan fingerprint density at radius 3 is 2.49 bits per heavy atom. The molecule has 0 aromatic heterocycles. The van der Waals surface area contributed by atoms with Crippen LogP contribution in [0.3, 0.4) is 0 Å². The van der Waals surface area contributed by atoms with E-state index in [2.05, 4.69) is 4.72 Å². The van der Waals surface area contributed by atoms with Crippen LogP contribution >= 0.6 is 0 Å². The zero-order valence-corrected chi connectivity index (χ0v) is 21.8. The van der Waals surface area contributed by atoms with Gasteiger partial charge in [0, 0.05) is 23.7 Å². The molecule has 1 aliphatic carbocycles. The molecule has 0 bridgehead atoms. The highest BCUT2D eigenvalue weighted by atomic mass is 32.2. The summed E-state index contributed by atoms with van der Waals surface area (Å²) in [5.74, 6) is -0.426. The quantitative estimate of drug-likeness (QED) is 0.166. The van der Waals surface area contributed by atoms with Crippen LogP contribution in [0.1, 0.15) is 61.6 Å². The Bertz CT molecular complexity index is 1280. The van der Waals surface area contributed by atoms with Crippen molar-refractivity contribution >= 4 is 28.7 Å². The van der Waals surface area contributed by atoms with E-state index >= 15 is 0 Å². The number of rotatable bonds is 9. The lowest BCUT2D eigenvalue weighted by Gasteiger charge is -2.36. The van der Waals surface area contributed by atoms with E-state index in [0.717, 1.165) is 47.9 Å². The number of nitrogens with one attached hydrogen (secondary N) is 2. The number of carbonyl (C=O) groups is 1. The molecule has 194 valence electrons. The van der Waals surface area contributed by atoms with Gasteiger partial charge in [0.1, 0.15) is 5.84 Å². The molecular formula is C29H34N4O3S. The lowest BCUT2D eigenvalue weighted by molar-refractivity contribution is -0.136. The number of nitrogens with two attached hydrogens (primary N) is 1. The van der Waals surface area contributed by atoms with E-state index in [9.17, 15) is 13.6 Å². The van der Waals surface area contributed by atoms with E-state index < -0.39 is 17.2 Å². The summed E-state index contributed by atoms with van der Waals surface area (Å²) >= 11 is -2.25. The molecular weight excluding hydrogens is 484 g/mol. The molecule has 7 nitrogen and oxygen atoms in total. The molecule has 0 spiro atoms. The SMILES string of the molecule is CC(C(=O)N(Cc1cccc(C(=N)N)c1)C1CCCCC1)c1ccc(-c2ccccc2)c(NS(=O)O)c1. The van der Waals surface area contributed by atoms with Crippen molar-refractivity contribution in [2.24, 2.45) is 5.73 Å². The van der Waals surface area contributed by atoms with Gasteiger partial charge in [-0.1, -0.05) is 79.9 Å². The molecule has 5 N–H and O–H groups in total. The largest absolute Gasteiger partial charge is 0.384 e. The number of nitrogen functional groups attached to an aromatic ring is 1. The summed E-state index contributed by atoms with van der Waals surface area (Å²) in [6, 6.07) is 22.9. The van der Waals surface area contributed by atoms with Crippen molar-refractivity contribution in [3.8, 4) is 11.1 Å². The standard InChI is InChI=1S/C29H34N4O3S/c1-20(23-15-16-26(22-10-4-2-5-11-22)27(18-23)32-37(35)36)29(34)33(25-13-6-3-7-14-25)19-21-9-8-12-24(17-21)28(30)31/h2,4-5,8-12,15-18,20,25,32H,3,6-7,13-14,19H2,1H3,(H3,30,31)(H,35,36). The van der Waals surface area contributed by atoms with Crippen molar-refractivity contribution in [2.45, 2.75) is 57.5 Å². The molecule has 0 heterocycles. The Labute approximate surface area is 221 Å². The van der Waals surface area contributed by atoms with Crippen LogP contribution in [0, 0.1) is 5.41 Å². The zero-order valence-electron chi connectivity index (χ0n) is 21.0. The summed E-state index contributed by atoms with van der Waals surface area (Å²) in [5, 5.41) is 7.78. The van der Waals surface area contributed by atoms with Gasteiger partial charge in [0.15, 0.2) is 0 Å². The molecule has 2 atom stereocenters. The number of benzene rings is 3. The Kier molecular flexibility index (Phi) is 8.74. The lowest BCUT2D eigenvalue weighted by Crippen LogP contribution is -2.43. The maximum atomic E-state index is 14.0. The van der Waals surface area contributed by atoms with Crippen LogP contribution in [0.5, 0.6) is 0 Å². The van der Waals surface area contributed by atoms with E-state index in [1.54, 1.807) is 12.1 Å². The smallest absolute Gasteiger partial charge is 0.259 e. The summed E-state index contributed by atoms with van der Waals surface area (Å²) in [7, 11) is 0. The minimum atomic E-state index is -2.25. The third-order valence-electron chi connectivity index (χ3n) is 7.09. The number of amides is 1. The van der Waals surface area contributed by atoms with Gasteiger partial charge in [-0.15, -0.1) is 0 Å². The van der Waals surface area contributed by atoms with Crippen molar-refractivity contribution in [3.63, 3.8) is 0 Å². The summed E-state index contributed by atoms with van der Waals surface area (Å²) in [4.78, 5) is 16.0. The van der Waals surface area contributed by atoms with Gasteiger partial charge in [0.2, 0.25) is 5.91 Å². The minimum absolute atomic E-state index is 0.00515. The number of carbonyl (C=O) groups excluding carboxylic acids is 1. The van der Waals surface area contributed by atoms with Crippen LogP contribution in [-0.2, 0) is 22.6 Å². The van der Waals surface area contributed by atoms with Crippen LogP contribution in [-0.4, -0.2) is 31.4 Å². The topological polar surface area (TPSA) is 120 Å². The molecule has 37 heavy (non-hydrogen) atoms. The van der Waals surface area contributed by atoms with Gasteiger partial charge in [-0.3, -0.25) is 19.5 Å². The van der Waals surface area contributed by atoms with E-state index in [4.69, 9.17) is 11.1 Å². The highest BCUT2D eigenvalue weighted by Crippen LogP contribution is 2.33. The van der Waals surface area contributed by atoms with Crippen molar-refractivity contribution in [1.29, 1.82) is 5.41 Å². The van der Waals surface area contributed by atoms with E-state index in [-0.39, 0.29) is 17.8 Å². The van der Waals surface area contributed by atoms with Crippen LogP contribution in [0.25, 0.3) is 11.1 Å². The molecule has 0 aliphatic heterocycles. The van der Waals surface area contributed by atoms with Crippen LogP contribution in [0.2, 0.25) is 0 Å². The molecule has 8 heteroatoms. The lowest BCUT2D eigenvalue weighted by atomic mass is 9.90. The maximum absolute atomic E-state index is 14.0. The molecule has 1 fully saturated rings. The fourth-order valence-electron chi connectivity index (χ4n) is 5.08. The molecule has 4 rings (SSSR count). The third kappa shape index (κ3) is 6.64. The van der Waals surface area contributed by atoms with Gasteiger partial charge in [0.25, 0.3) is 11.3 Å². The molecule has 0 radical (unpaired) electrons. The van der Waals surface area contributed by atoms with Gasteiger partial charge in [-0.25, -0.2) is 4.21 Å². The van der Waals surface area contributed by atoms with Crippen molar-refractivity contribution in [2.75, 3.05) is 4.72 Å². The Morgan fingerprint density at radius 1 is 1.08 bits per heavy atom. The van der Waals surface area contributed by atoms with E-state index in [1.807, 2.05) is 72.5 Å². The molecule has 3 aromatic rings. The normalized spacial score (nSPS) is 15.5. The van der Waals surface area contributed by atoms with Crippen LogP contribution in [0.4, 0.5) is 5.69 Å². The fourth-order valence-corrected chi connectivity index (χ4v) is 5.44. The number of amidine groups is 1. The Morgan fingerprint density at radius 2 is 1.81 bits per heavy atom. The average molecular weight is 519 g/mol. The Hall–Kier alpha value is -3.49. The monoisotopic (exact) mass is 518 g/mol. The number of nitrogens with zero attached hydrogens (tertiary/aromatic N) is 1. The highest BCUT2D eigenvalue weighted by molar-refractivity contribution is 7.80. The predicted octanol–water partition coefficient (Wildman–Crippen LogP) is 5.65. The molecule has 1 saturated carbocycles. The fraction of sp³-hybridized carbons (Fsp3) is 0.310. The van der Waals surface area contributed by atoms with Crippen molar-refractivity contribution in [1.82, 2.24) is 4.90 Å². The summed E-state index contributed by atoms with van der Waals surface area (Å²) in [5.41, 5.74) is 10.3. The first-order valence-corrected chi connectivity index (χ1v) is 13.7. The van der Waals surface area contributed by atoms with Gasteiger partial charge in [-0.05, 0) is 48.6 Å². The highest BCUT2D eigenvalue weighted by Gasteiger charge is 2.30. The van der Waals surface area contributed by atoms with Gasteiger partial charge in [0.05, 0.1) is 11.6 Å². The average Bonchev–Trinajstić information content (AvgIpc) is 2.91. The second kappa shape index (κ2) is 12.2. The summed E-state index contributed by atoms with van der Waals surface area (Å²) < 4.78 is 23.8. The first-order valence-electron chi connectivity index (χ1n) is 12.6. The van der Waals surface area contributed by atoms with Crippen LogP contribution in [0.15, 0.2) is 72.8 Å². The Balaban J connectivity index is 1.65. The first kappa shape index (κ1) is 26.6. The molecule has 0 saturated heterocycles. The van der Waals surface area contributed by atoms with Gasteiger partial charge >= 0.3 is 0 Å². The summed E-state index contributed by atoms with van der Waals surface area (Å²) in [6.07, 6.45) is 5.31. The number of hydrogen-bond donors (Lipinski definition) is 4. The maximum Gasteiger partial charge on any atom is 0.259 e. The minimum Gasteiger partial charge on any atom is -0.384 e. The second-order valence-electron chi connectivity index (χ2n) is 9.62. The van der Waals surface area contributed by atoms with Crippen LogP contribution < -0.4 is 10.5 Å². The van der Waals surface area contributed by atoms with Crippen molar-refractivity contribution in [3.05, 3.63) is 89.5 Å². The van der Waals surface area contributed by atoms with Gasteiger partial charge in [-0.2, -0.15) is 0 Å². The number of anilines is 1. The number of hydrogen-bond acceptors (Lipinski definition) is 3. The molecule has 1 aliphatic rings. The zero-order chi connectivity index (χ0) is 26.4. The summed E-state index contributed by atoms with van der Waals surface area (Å²) in [6.45, 7) is 2.34. The molecule has 2 unspecified atom stereocenters. The predicted molar refractivity (Wildman–Crippen MR) is 150 cm³/mol. The van der Waals surface area contributed by atoms with E-state index in [0.29, 0.717) is 17.8 Å². The second-order valence-corrected chi connectivity index (χ2v) is 10.3.